The van der Waals surface area contributed by atoms with Crippen LogP contribution in [0.15, 0.2) is 48.5 Å². The minimum Gasteiger partial charge on any atom is -0.394 e. The normalized spacial score (nSPS) is 13.3. The second kappa shape index (κ2) is 5.96. The van der Waals surface area contributed by atoms with E-state index in [1.54, 1.807) is 18.2 Å². The zero-order valence-corrected chi connectivity index (χ0v) is 11.9. The Labute approximate surface area is 123 Å². The first-order valence-electron chi connectivity index (χ1n) is 6.23. The average Bonchev–Trinajstić information content (AvgIpc) is 2.50. The van der Waals surface area contributed by atoms with Gasteiger partial charge in [0, 0.05) is 0 Å². The predicted octanol–water partition coefficient (Wildman–Crippen LogP) is 3.53. The van der Waals surface area contributed by atoms with E-state index in [4.69, 9.17) is 16.9 Å². The molecule has 102 valence electrons. The molecule has 1 atom stereocenters. The molecule has 0 bridgehead atoms. The maximum absolute atomic E-state index is 9.73. The van der Waals surface area contributed by atoms with E-state index in [9.17, 15) is 5.11 Å². The van der Waals surface area contributed by atoms with Crippen LogP contribution >= 0.6 is 11.6 Å². The van der Waals surface area contributed by atoms with Gasteiger partial charge in [-0.15, -0.1) is 0 Å². The van der Waals surface area contributed by atoms with Crippen molar-refractivity contribution in [1.29, 1.82) is 5.26 Å². The second-order valence-corrected chi connectivity index (χ2v) is 5.19. The number of hydrogen-bond acceptors (Lipinski definition) is 3. The highest BCUT2D eigenvalue weighted by Crippen LogP contribution is 2.30. The molecule has 2 rings (SSSR count). The molecule has 2 N–H and O–H groups in total. The SMILES string of the molecule is CC(CO)(Nc1ccc(C#N)cc1Cl)c1ccccc1. The van der Waals surface area contributed by atoms with Crippen LogP contribution in [0.2, 0.25) is 5.02 Å². The molecule has 0 aliphatic heterocycles. The summed E-state index contributed by atoms with van der Waals surface area (Å²) in [6.07, 6.45) is 0. The number of halogens is 1. The van der Waals surface area contributed by atoms with Crippen LogP contribution < -0.4 is 5.32 Å². The maximum atomic E-state index is 9.73. The number of nitrogens with one attached hydrogen (secondary N) is 1. The molecular weight excluding hydrogens is 272 g/mol. The number of anilines is 1. The van der Waals surface area contributed by atoms with Gasteiger partial charge in [-0.1, -0.05) is 41.9 Å². The Hall–Kier alpha value is -2.02. The zero-order chi connectivity index (χ0) is 14.6. The smallest absolute Gasteiger partial charge is 0.0992 e. The molecular formula is C16H15ClN2O. The predicted molar refractivity (Wildman–Crippen MR) is 80.7 cm³/mol. The highest BCUT2D eigenvalue weighted by molar-refractivity contribution is 6.33. The van der Waals surface area contributed by atoms with Gasteiger partial charge in [0.15, 0.2) is 0 Å². The monoisotopic (exact) mass is 286 g/mol. The van der Waals surface area contributed by atoms with E-state index in [0.717, 1.165) is 5.56 Å². The van der Waals surface area contributed by atoms with Crippen LogP contribution in [-0.2, 0) is 5.54 Å². The highest BCUT2D eigenvalue weighted by atomic mass is 35.5. The van der Waals surface area contributed by atoms with Gasteiger partial charge >= 0.3 is 0 Å². The third kappa shape index (κ3) is 2.93. The number of rotatable bonds is 4. The molecule has 2 aromatic rings. The van der Waals surface area contributed by atoms with Crippen molar-refractivity contribution in [3.05, 3.63) is 64.7 Å². The Morgan fingerprint density at radius 3 is 2.50 bits per heavy atom. The van der Waals surface area contributed by atoms with Crippen LogP contribution in [0.4, 0.5) is 5.69 Å². The summed E-state index contributed by atoms with van der Waals surface area (Å²) in [6, 6.07) is 16.7. The molecule has 0 spiro atoms. The first-order valence-corrected chi connectivity index (χ1v) is 6.61. The van der Waals surface area contributed by atoms with E-state index in [2.05, 4.69) is 5.32 Å². The lowest BCUT2D eigenvalue weighted by molar-refractivity contribution is 0.224. The Morgan fingerprint density at radius 2 is 1.95 bits per heavy atom. The van der Waals surface area contributed by atoms with Crippen molar-refractivity contribution >= 4 is 17.3 Å². The summed E-state index contributed by atoms with van der Waals surface area (Å²) in [4.78, 5) is 0. The quantitative estimate of drug-likeness (QED) is 0.904. The van der Waals surface area contributed by atoms with E-state index in [1.165, 1.54) is 0 Å². The van der Waals surface area contributed by atoms with Gasteiger partial charge in [-0.3, -0.25) is 0 Å². The summed E-state index contributed by atoms with van der Waals surface area (Å²) in [5.74, 6) is 0. The summed E-state index contributed by atoms with van der Waals surface area (Å²) < 4.78 is 0. The fraction of sp³-hybridized carbons (Fsp3) is 0.188. The third-order valence-electron chi connectivity index (χ3n) is 3.24. The number of hydrogen-bond donors (Lipinski definition) is 2. The minimum absolute atomic E-state index is 0.0760. The van der Waals surface area contributed by atoms with Crippen LogP contribution in [0.3, 0.4) is 0 Å². The van der Waals surface area contributed by atoms with E-state index in [-0.39, 0.29) is 6.61 Å². The van der Waals surface area contributed by atoms with Gasteiger partial charge in [0.05, 0.1) is 34.5 Å². The van der Waals surface area contributed by atoms with Crippen LogP contribution in [0, 0.1) is 11.3 Å². The van der Waals surface area contributed by atoms with Crippen LogP contribution in [0.5, 0.6) is 0 Å². The number of nitriles is 1. The summed E-state index contributed by atoms with van der Waals surface area (Å²) in [5.41, 5.74) is 1.51. The van der Waals surface area contributed by atoms with Gasteiger partial charge in [0.25, 0.3) is 0 Å². The Bertz CT molecular complexity index is 637. The standard InChI is InChI=1S/C16H15ClN2O/c1-16(11-20,13-5-3-2-4-6-13)19-15-8-7-12(10-18)9-14(15)17/h2-9,19-20H,11H2,1H3. The van der Waals surface area contributed by atoms with Crippen LogP contribution in [-0.4, -0.2) is 11.7 Å². The Balaban J connectivity index is 2.34. The van der Waals surface area contributed by atoms with Crippen LogP contribution in [0.1, 0.15) is 18.1 Å². The Kier molecular flexibility index (Phi) is 4.29. The van der Waals surface area contributed by atoms with Crippen molar-refractivity contribution in [2.24, 2.45) is 0 Å². The van der Waals surface area contributed by atoms with Gasteiger partial charge in [0.2, 0.25) is 0 Å². The van der Waals surface area contributed by atoms with Crippen molar-refractivity contribution in [1.82, 2.24) is 0 Å². The summed E-state index contributed by atoms with van der Waals surface area (Å²) >= 11 is 6.16. The van der Waals surface area contributed by atoms with Crippen molar-refractivity contribution < 1.29 is 5.11 Å². The molecule has 0 aliphatic rings. The van der Waals surface area contributed by atoms with Gasteiger partial charge in [0.1, 0.15) is 0 Å². The molecule has 1 unspecified atom stereocenters. The fourth-order valence-corrected chi connectivity index (χ4v) is 2.22. The van der Waals surface area contributed by atoms with Crippen molar-refractivity contribution in [2.45, 2.75) is 12.5 Å². The minimum atomic E-state index is -0.640. The average molecular weight is 287 g/mol. The molecule has 0 radical (unpaired) electrons. The number of aliphatic hydroxyl groups is 1. The number of nitrogens with zero attached hydrogens (tertiary/aromatic N) is 1. The second-order valence-electron chi connectivity index (χ2n) is 4.79. The molecule has 4 heteroatoms. The zero-order valence-electron chi connectivity index (χ0n) is 11.1. The first kappa shape index (κ1) is 14.4. The molecule has 3 nitrogen and oxygen atoms in total. The van der Waals surface area contributed by atoms with Gasteiger partial charge < -0.3 is 10.4 Å². The summed E-state index contributed by atoms with van der Waals surface area (Å²) in [5, 5.41) is 22.3. The lowest BCUT2D eigenvalue weighted by Gasteiger charge is -2.31. The third-order valence-corrected chi connectivity index (χ3v) is 3.55. The lowest BCUT2D eigenvalue weighted by atomic mass is 9.92. The van der Waals surface area contributed by atoms with Gasteiger partial charge in [-0.05, 0) is 30.7 Å². The van der Waals surface area contributed by atoms with Crippen LogP contribution in [0.25, 0.3) is 0 Å². The molecule has 0 fully saturated rings. The molecule has 2 aromatic carbocycles. The molecule has 0 amide bonds. The Morgan fingerprint density at radius 1 is 1.25 bits per heavy atom. The first-order chi connectivity index (χ1) is 9.59. The molecule has 0 saturated carbocycles. The molecule has 0 heterocycles. The van der Waals surface area contributed by atoms with Gasteiger partial charge in [-0.25, -0.2) is 0 Å². The van der Waals surface area contributed by atoms with E-state index < -0.39 is 5.54 Å². The summed E-state index contributed by atoms with van der Waals surface area (Å²) in [7, 11) is 0. The number of aliphatic hydroxyl groups excluding tert-OH is 1. The molecule has 0 aliphatic carbocycles. The van der Waals surface area contributed by atoms with Crippen molar-refractivity contribution in [3.8, 4) is 6.07 Å². The summed E-state index contributed by atoms with van der Waals surface area (Å²) in [6.45, 7) is 1.82. The maximum Gasteiger partial charge on any atom is 0.0992 e. The lowest BCUT2D eigenvalue weighted by Crippen LogP contribution is -2.35. The van der Waals surface area contributed by atoms with Crippen molar-refractivity contribution in [3.63, 3.8) is 0 Å². The topological polar surface area (TPSA) is 56.0 Å². The largest absolute Gasteiger partial charge is 0.394 e. The van der Waals surface area contributed by atoms with Crippen molar-refractivity contribution in [2.75, 3.05) is 11.9 Å². The van der Waals surface area contributed by atoms with E-state index in [1.807, 2.05) is 43.3 Å². The van der Waals surface area contributed by atoms with E-state index >= 15 is 0 Å². The molecule has 0 saturated heterocycles. The van der Waals surface area contributed by atoms with Gasteiger partial charge in [-0.2, -0.15) is 5.26 Å². The number of benzene rings is 2. The van der Waals surface area contributed by atoms with E-state index in [0.29, 0.717) is 16.3 Å². The molecule has 20 heavy (non-hydrogen) atoms. The molecule has 0 aromatic heterocycles. The highest BCUT2D eigenvalue weighted by Gasteiger charge is 2.26. The fourth-order valence-electron chi connectivity index (χ4n) is 1.99.